The second-order valence-corrected chi connectivity index (χ2v) is 6.91. The second kappa shape index (κ2) is 7.48. The molecule has 0 spiro atoms. The predicted octanol–water partition coefficient (Wildman–Crippen LogP) is 2.41. The van der Waals surface area contributed by atoms with Crippen LogP contribution in [0.2, 0.25) is 0 Å². The van der Waals surface area contributed by atoms with E-state index < -0.39 is 17.5 Å². The van der Waals surface area contributed by atoms with Gasteiger partial charge in [0.25, 0.3) is 0 Å². The van der Waals surface area contributed by atoms with Crippen LogP contribution in [0.5, 0.6) is 17.2 Å². The SMILES string of the molecule is COc1ccc(CC2COC(=O)[C@]2(O)Cc2ccc(O)c(C)c2)cc1OC. The van der Waals surface area contributed by atoms with E-state index in [0.717, 1.165) is 11.1 Å². The molecule has 1 unspecified atom stereocenters. The van der Waals surface area contributed by atoms with Crippen LogP contribution in [0.3, 0.4) is 0 Å². The highest BCUT2D eigenvalue weighted by Crippen LogP contribution is 2.36. The van der Waals surface area contributed by atoms with E-state index in [2.05, 4.69) is 0 Å². The molecule has 27 heavy (non-hydrogen) atoms. The Morgan fingerprint density at radius 2 is 1.81 bits per heavy atom. The Bertz CT molecular complexity index is 847. The van der Waals surface area contributed by atoms with E-state index >= 15 is 0 Å². The van der Waals surface area contributed by atoms with Crippen molar-refractivity contribution in [2.24, 2.45) is 5.92 Å². The number of carbonyl (C=O) groups is 1. The Morgan fingerprint density at radius 1 is 1.11 bits per heavy atom. The smallest absolute Gasteiger partial charge is 0.338 e. The summed E-state index contributed by atoms with van der Waals surface area (Å²) in [5.41, 5.74) is 0.760. The van der Waals surface area contributed by atoms with Crippen LogP contribution in [-0.4, -0.2) is 42.6 Å². The summed E-state index contributed by atoms with van der Waals surface area (Å²) in [4.78, 5) is 12.3. The van der Waals surface area contributed by atoms with Crippen LogP contribution in [0.1, 0.15) is 16.7 Å². The maximum absolute atomic E-state index is 12.3. The monoisotopic (exact) mass is 372 g/mol. The number of ether oxygens (including phenoxy) is 3. The van der Waals surface area contributed by atoms with Gasteiger partial charge in [-0.25, -0.2) is 4.79 Å². The van der Waals surface area contributed by atoms with E-state index in [9.17, 15) is 15.0 Å². The van der Waals surface area contributed by atoms with Crippen LogP contribution in [0.4, 0.5) is 0 Å². The largest absolute Gasteiger partial charge is 0.508 e. The van der Waals surface area contributed by atoms with Crippen LogP contribution in [-0.2, 0) is 22.4 Å². The standard InChI is InChI=1S/C21H24O6/c1-13-8-15(4-6-17(13)22)11-21(24)16(12-27-20(21)23)9-14-5-7-18(25-2)19(10-14)26-3/h4-8,10,16,22,24H,9,11-12H2,1-3H3/t16?,21-/m0/s1. The average Bonchev–Trinajstić information content (AvgIpc) is 2.92. The summed E-state index contributed by atoms with van der Waals surface area (Å²) < 4.78 is 15.8. The van der Waals surface area contributed by atoms with E-state index in [1.54, 1.807) is 45.4 Å². The number of phenols is 1. The van der Waals surface area contributed by atoms with E-state index in [-0.39, 0.29) is 18.8 Å². The Kier molecular flexibility index (Phi) is 5.28. The molecule has 1 heterocycles. The zero-order valence-corrected chi connectivity index (χ0v) is 15.7. The van der Waals surface area contributed by atoms with Gasteiger partial charge in [0.1, 0.15) is 5.75 Å². The van der Waals surface area contributed by atoms with Gasteiger partial charge in [0, 0.05) is 12.3 Å². The first-order chi connectivity index (χ1) is 12.9. The highest BCUT2D eigenvalue weighted by Gasteiger charge is 2.51. The molecule has 0 saturated carbocycles. The van der Waals surface area contributed by atoms with Gasteiger partial charge in [0.2, 0.25) is 0 Å². The first kappa shape index (κ1) is 19.0. The molecule has 0 aliphatic carbocycles. The molecule has 0 amide bonds. The van der Waals surface area contributed by atoms with Crippen LogP contribution in [0, 0.1) is 12.8 Å². The summed E-state index contributed by atoms with van der Waals surface area (Å²) >= 11 is 0. The van der Waals surface area contributed by atoms with Crippen LogP contribution in [0.25, 0.3) is 0 Å². The number of aryl methyl sites for hydroxylation is 1. The second-order valence-electron chi connectivity index (χ2n) is 6.91. The van der Waals surface area contributed by atoms with E-state index in [4.69, 9.17) is 14.2 Å². The molecular formula is C21H24O6. The Balaban J connectivity index is 1.84. The van der Waals surface area contributed by atoms with Crippen molar-refractivity contribution in [1.82, 2.24) is 0 Å². The van der Waals surface area contributed by atoms with Crippen molar-refractivity contribution in [2.45, 2.75) is 25.4 Å². The van der Waals surface area contributed by atoms with Gasteiger partial charge in [-0.1, -0.05) is 18.2 Å². The Hall–Kier alpha value is -2.73. The molecular weight excluding hydrogens is 348 g/mol. The van der Waals surface area contributed by atoms with Gasteiger partial charge in [-0.05, 0) is 48.2 Å². The summed E-state index contributed by atoms with van der Waals surface area (Å²) in [6.45, 7) is 1.93. The minimum Gasteiger partial charge on any atom is -0.508 e. The number of rotatable bonds is 6. The Morgan fingerprint density at radius 3 is 2.48 bits per heavy atom. The lowest BCUT2D eigenvalue weighted by Crippen LogP contribution is -2.44. The third-order valence-corrected chi connectivity index (χ3v) is 5.11. The van der Waals surface area contributed by atoms with Crippen molar-refractivity contribution < 1.29 is 29.2 Å². The molecule has 2 aromatic rings. The minimum atomic E-state index is -1.61. The average molecular weight is 372 g/mol. The van der Waals surface area contributed by atoms with Crippen LogP contribution in [0.15, 0.2) is 36.4 Å². The fourth-order valence-corrected chi connectivity index (χ4v) is 3.48. The number of aromatic hydroxyl groups is 1. The van der Waals surface area contributed by atoms with Gasteiger partial charge in [-0.2, -0.15) is 0 Å². The van der Waals surface area contributed by atoms with Crippen molar-refractivity contribution in [1.29, 1.82) is 0 Å². The number of phenolic OH excluding ortho intramolecular Hbond substituents is 1. The molecule has 1 aliphatic rings. The topological polar surface area (TPSA) is 85.2 Å². The summed E-state index contributed by atoms with van der Waals surface area (Å²) in [6, 6.07) is 10.6. The third-order valence-electron chi connectivity index (χ3n) is 5.11. The number of methoxy groups -OCH3 is 2. The van der Waals surface area contributed by atoms with Crippen molar-refractivity contribution in [2.75, 3.05) is 20.8 Å². The normalized spacial score (nSPS) is 21.8. The van der Waals surface area contributed by atoms with Gasteiger partial charge in [0.05, 0.1) is 20.8 Å². The van der Waals surface area contributed by atoms with E-state index in [1.807, 2.05) is 12.1 Å². The molecule has 6 nitrogen and oxygen atoms in total. The van der Waals surface area contributed by atoms with E-state index in [0.29, 0.717) is 23.5 Å². The first-order valence-electron chi connectivity index (χ1n) is 8.76. The zero-order chi connectivity index (χ0) is 19.6. The predicted molar refractivity (Wildman–Crippen MR) is 99.2 cm³/mol. The number of hydrogen-bond donors (Lipinski definition) is 2. The quantitative estimate of drug-likeness (QED) is 0.758. The molecule has 0 bridgehead atoms. The number of aliphatic hydroxyl groups is 1. The minimum absolute atomic E-state index is 0.130. The lowest BCUT2D eigenvalue weighted by atomic mass is 9.80. The summed E-state index contributed by atoms with van der Waals surface area (Å²) in [5.74, 6) is 0.394. The highest BCUT2D eigenvalue weighted by atomic mass is 16.6. The van der Waals surface area contributed by atoms with Gasteiger partial charge in [0.15, 0.2) is 17.1 Å². The number of cyclic esters (lactones) is 1. The van der Waals surface area contributed by atoms with Crippen molar-refractivity contribution in [3.8, 4) is 17.2 Å². The third kappa shape index (κ3) is 3.71. The zero-order valence-electron chi connectivity index (χ0n) is 15.7. The molecule has 6 heteroatoms. The molecule has 1 saturated heterocycles. The fourth-order valence-electron chi connectivity index (χ4n) is 3.48. The van der Waals surface area contributed by atoms with Gasteiger partial charge < -0.3 is 24.4 Å². The molecule has 2 atom stereocenters. The Labute approximate surface area is 158 Å². The van der Waals surface area contributed by atoms with Crippen LogP contribution < -0.4 is 9.47 Å². The molecule has 2 N–H and O–H groups in total. The summed E-state index contributed by atoms with van der Waals surface area (Å²) in [5, 5.41) is 20.8. The molecule has 3 rings (SSSR count). The van der Waals surface area contributed by atoms with Gasteiger partial charge in [-0.3, -0.25) is 0 Å². The molecule has 1 fully saturated rings. The lowest BCUT2D eigenvalue weighted by Gasteiger charge is -2.26. The molecule has 2 aromatic carbocycles. The number of esters is 1. The van der Waals surface area contributed by atoms with E-state index in [1.165, 1.54) is 0 Å². The molecule has 0 radical (unpaired) electrons. The van der Waals surface area contributed by atoms with Crippen molar-refractivity contribution >= 4 is 5.97 Å². The van der Waals surface area contributed by atoms with Crippen molar-refractivity contribution in [3.05, 3.63) is 53.1 Å². The maximum Gasteiger partial charge on any atom is 0.338 e. The van der Waals surface area contributed by atoms with Gasteiger partial charge >= 0.3 is 5.97 Å². The summed E-state index contributed by atoms with van der Waals surface area (Å²) in [6.07, 6.45) is 0.588. The van der Waals surface area contributed by atoms with Crippen molar-refractivity contribution in [3.63, 3.8) is 0 Å². The number of carbonyl (C=O) groups excluding carboxylic acids is 1. The fraction of sp³-hybridized carbons (Fsp3) is 0.381. The van der Waals surface area contributed by atoms with Gasteiger partial charge in [-0.15, -0.1) is 0 Å². The van der Waals surface area contributed by atoms with Crippen LogP contribution >= 0.6 is 0 Å². The molecule has 144 valence electrons. The number of benzene rings is 2. The molecule has 1 aliphatic heterocycles. The maximum atomic E-state index is 12.3. The lowest BCUT2D eigenvalue weighted by molar-refractivity contribution is -0.154. The highest BCUT2D eigenvalue weighted by molar-refractivity contribution is 5.82. The first-order valence-corrected chi connectivity index (χ1v) is 8.76. The number of hydrogen-bond acceptors (Lipinski definition) is 6. The molecule has 0 aromatic heterocycles. The summed E-state index contributed by atoms with van der Waals surface area (Å²) in [7, 11) is 3.13.